The van der Waals surface area contributed by atoms with Gasteiger partial charge in [0.2, 0.25) is 11.9 Å². The molecule has 33 heavy (non-hydrogen) atoms. The van der Waals surface area contributed by atoms with Gasteiger partial charge in [-0.2, -0.15) is 0 Å². The Morgan fingerprint density at radius 1 is 0.939 bits per heavy atom. The lowest BCUT2D eigenvalue weighted by Gasteiger charge is -2.30. The summed E-state index contributed by atoms with van der Waals surface area (Å²) in [7, 11) is 0. The van der Waals surface area contributed by atoms with Crippen molar-refractivity contribution in [2.45, 2.75) is 52.6 Å². The van der Waals surface area contributed by atoms with Crippen LogP contribution >= 0.6 is 0 Å². The quantitative estimate of drug-likeness (QED) is 0.315. The lowest BCUT2D eigenvalue weighted by molar-refractivity contribution is 0.375. The van der Waals surface area contributed by atoms with Crippen LogP contribution in [0, 0.1) is 13.8 Å². The minimum Gasteiger partial charge on any atom is -0.370 e. The van der Waals surface area contributed by atoms with Crippen molar-refractivity contribution in [2.75, 3.05) is 6.54 Å². The lowest BCUT2D eigenvalue weighted by Crippen LogP contribution is -2.51. The van der Waals surface area contributed by atoms with Gasteiger partial charge in [0.1, 0.15) is 12.3 Å². The van der Waals surface area contributed by atoms with E-state index >= 15 is 0 Å². The molecule has 0 fully saturated rings. The first-order valence-electron chi connectivity index (χ1n) is 11.0. The molecule has 2 aliphatic rings. The Hall–Kier alpha value is -3.96. The van der Waals surface area contributed by atoms with Crippen LogP contribution in [-0.2, 0) is 13.1 Å². The van der Waals surface area contributed by atoms with E-state index < -0.39 is 0 Å². The van der Waals surface area contributed by atoms with Crippen LogP contribution < -0.4 is 27.4 Å². The van der Waals surface area contributed by atoms with Crippen LogP contribution in [0.2, 0.25) is 0 Å². The van der Waals surface area contributed by atoms with Gasteiger partial charge in [-0.1, -0.05) is 0 Å². The fraction of sp³-hybridized carbons (Fsp3) is 0.429. The van der Waals surface area contributed by atoms with Gasteiger partial charge in [0.05, 0.1) is 0 Å². The normalized spacial score (nSPS) is 20.1. The summed E-state index contributed by atoms with van der Waals surface area (Å²) in [5, 5.41) is 9.38. The Morgan fingerprint density at radius 2 is 1.64 bits per heavy atom. The molecule has 0 radical (unpaired) electrons. The largest absolute Gasteiger partial charge is 0.370 e. The number of nitrogens with zero attached hydrogens (tertiary/aromatic N) is 5. The maximum absolute atomic E-state index is 6.03. The van der Waals surface area contributed by atoms with Crippen molar-refractivity contribution in [3.8, 4) is 0 Å². The van der Waals surface area contributed by atoms with Crippen LogP contribution in [0.25, 0.3) is 0 Å². The third-order valence-electron chi connectivity index (χ3n) is 5.25. The summed E-state index contributed by atoms with van der Waals surface area (Å²) in [5.41, 5.74) is 16.5. The smallest absolute Gasteiger partial charge is 0.203 e. The number of rotatable bonds is 7. The first-order chi connectivity index (χ1) is 15.8. The average Bonchev–Trinajstić information content (AvgIpc) is 3.36. The van der Waals surface area contributed by atoms with Crippen LogP contribution in [0.3, 0.4) is 0 Å². The number of hydrogen-bond donors (Lipinski definition) is 7. The molecule has 0 aliphatic carbocycles. The highest BCUT2D eigenvalue weighted by Crippen LogP contribution is 2.13. The minimum atomic E-state index is -0.315. The maximum Gasteiger partial charge on any atom is 0.203 e. The third-order valence-corrected chi connectivity index (χ3v) is 5.25. The van der Waals surface area contributed by atoms with Crippen LogP contribution in [0.4, 0.5) is 0 Å². The highest BCUT2D eigenvalue weighted by molar-refractivity contribution is 6.00. The first-order valence-corrected chi connectivity index (χ1v) is 11.0. The monoisotopic (exact) mass is 452 g/mol. The van der Waals surface area contributed by atoms with E-state index in [9.17, 15) is 0 Å². The SMILES string of the molecule is Cc1cc(CNC2=NC(CCN(Cc3c[nH]c(C)c3)C3=NC(C)N=C(N)N3)N=C(N)N2)c[nH]1. The fourth-order valence-electron chi connectivity index (χ4n) is 3.76. The van der Waals surface area contributed by atoms with E-state index in [1.165, 1.54) is 0 Å². The molecule has 4 heterocycles. The molecule has 12 heteroatoms. The summed E-state index contributed by atoms with van der Waals surface area (Å²) in [6.07, 6.45) is 4.05. The van der Waals surface area contributed by atoms with E-state index in [2.05, 4.69) is 62.9 Å². The van der Waals surface area contributed by atoms with Gasteiger partial charge < -0.3 is 31.7 Å². The molecule has 0 spiro atoms. The van der Waals surface area contributed by atoms with Crippen LogP contribution in [0.15, 0.2) is 44.5 Å². The zero-order chi connectivity index (χ0) is 23.4. The highest BCUT2D eigenvalue weighted by Gasteiger charge is 2.21. The number of aromatic nitrogens is 2. The van der Waals surface area contributed by atoms with Gasteiger partial charge in [0, 0.05) is 49.8 Å². The topological polar surface area (TPSA) is 172 Å². The molecule has 2 aromatic heterocycles. The Balaban J connectivity index is 1.43. The van der Waals surface area contributed by atoms with Crippen molar-refractivity contribution in [1.29, 1.82) is 0 Å². The van der Waals surface area contributed by atoms with Crippen molar-refractivity contribution in [3.63, 3.8) is 0 Å². The predicted octanol–water partition coefficient (Wildman–Crippen LogP) is 0.161. The Kier molecular flexibility index (Phi) is 6.52. The van der Waals surface area contributed by atoms with Crippen molar-refractivity contribution in [2.24, 2.45) is 31.4 Å². The average molecular weight is 453 g/mol. The Bertz CT molecular complexity index is 1090. The van der Waals surface area contributed by atoms with Gasteiger partial charge in [-0.25, -0.2) is 20.0 Å². The number of aliphatic imine (C=N–C) groups is 4. The highest BCUT2D eigenvalue weighted by atomic mass is 15.4. The van der Waals surface area contributed by atoms with E-state index in [1.54, 1.807) is 0 Å². The molecule has 9 N–H and O–H groups in total. The van der Waals surface area contributed by atoms with Crippen LogP contribution in [0.5, 0.6) is 0 Å². The van der Waals surface area contributed by atoms with Crippen molar-refractivity contribution in [3.05, 3.63) is 47.0 Å². The Labute approximate surface area is 192 Å². The molecular weight excluding hydrogens is 420 g/mol. The number of aryl methyl sites for hydroxylation is 2. The summed E-state index contributed by atoms with van der Waals surface area (Å²) >= 11 is 0. The van der Waals surface area contributed by atoms with Gasteiger partial charge in [0.25, 0.3) is 0 Å². The second-order valence-electron chi connectivity index (χ2n) is 8.27. The second-order valence-corrected chi connectivity index (χ2v) is 8.27. The molecule has 176 valence electrons. The third kappa shape index (κ3) is 6.05. The van der Waals surface area contributed by atoms with Crippen molar-refractivity contribution in [1.82, 2.24) is 30.8 Å². The predicted molar refractivity (Wildman–Crippen MR) is 131 cm³/mol. The summed E-state index contributed by atoms with van der Waals surface area (Å²) in [4.78, 5) is 26.5. The molecule has 2 aromatic rings. The Morgan fingerprint density at radius 3 is 2.30 bits per heavy atom. The number of nitrogens with one attached hydrogen (secondary N) is 5. The number of H-pyrrole nitrogens is 2. The molecule has 0 amide bonds. The van der Waals surface area contributed by atoms with Crippen LogP contribution in [-0.4, -0.2) is 57.6 Å². The number of aromatic amines is 2. The molecule has 0 aromatic carbocycles. The van der Waals surface area contributed by atoms with E-state index in [1.807, 2.05) is 33.2 Å². The molecule has 2 unspecified atom stereocenters. The minimum absolute atomic E-state index is 0.241. The standard InChI is InChI=1S/C21H32N12/c1-12-6-15(8-24-12)9-26-20-30-17(29-19(23)31-20)4-5-33(11-16-7-13(2)25-10-16)21-28-14(3)27-18(22)32-21/h6-8,10,14,17,24-25H,4-5,9,11H2,1-3H3,(H3,22,27,28,32)(H4,23,26,29,30,31). The zero-order valence-corrected chi connectivity index (χ0v) is 19.2. The number of guanidine groups is 4. The molecule has 0 bridgehead atoms. The maximum atomic E-state index is 6.03. The van der Waals surface area contributed by atoms with Gasteiger partial charge in [0.15, 0.2) is 11.9 Å². The van der Waals surface area contributed by atoms with Gasteiger partial charge in [-0.15, -0.1) is 0 Å². The first kappa shape index (κ1) is 22.2. The molecule has 2 aliphatic heterocycles. The summed E-state index contributed by atoms with van der Waals surface area (Å²) < 4.78 is 0. The molecular formula is C21H32N12. The van der Waals surface area contributed by atoms with E-state index in [4.69, 9.17) is 11.5 Å². The number of nitrogens with two attached hydrogens (primary N) is 2. The van der Waals surface area contributed by atoms with Gasteiger partial charge in [-0.3, -0.25) is 10.6 Å². The van der Waals surface area contributed by atoms with Crippen molar-refractivity contribution < 1.29 is 0 Å². The van der Waals surface area contributed by atoms with E-state index in [-0.39, 0.29) is 12.3 Å². The van der Waals surface area contributed by atoms with Gasteiger partial charge in [-0.05, 0) is 44.0 Å². The van der Waals surface area contributed by atoms with Crippen molar-refractivity contribution >= 4 is 23.8 Å². The fourth-order valence-corrected chi connectivity index (χ4v) is 3.76. The summed E-state index contributed by atoms with van der Waals surface area (Å²) in [6, 6.07) is 4.20. The van der Waals surface area contributed by atoms with E-state index in [0.29, 0.717) is 49.9 Å². The number of hydrogen-bond acceptors (Lipinski definition) is 10. The molecule has 0 saturated heterocycles. The summed E-state index contributed by atoms with van der Waals surface area (Å²) in [5.74, 6) is 1.99. The lowest BCUT2D eigenvalue weighted by atomic mass is 10.2. The van der Waals surface area contributed by atoms with Crippen LogP contribution in [0.1, 0.15) is 35.9 Å². The summed E-state index contributed by atoms with van der Waals surface area (Å²) in [6.45, 7) is 7.88. The molecule has 2 atom stereocenters. The van der Waals surface area contributed by atoms with E-state index in [0.717, 1.165) is 22.5 Å². The zero-order valence-electron chi connectivity index (χ0n) is 19.2. The molecule has 12 nitrogen and oxygen atoms in total. The second kappa shape index (κ2) is 9.67. The molecule has 0 saturated carbocycles. The van der Waals surface area contributed by atoms with Gasteiger partial charge >= 0.3 is 0 Å². The molecule has 4 rings (SSSR count).